The third-order valence-electron chi connectivity index (χ3n) is 5.51. The van der Waals surface area contributed by atoms with Gasteiger partial charge in [-0.2, -0.15) is 5.10 Å². The van der Waals surface area contributed by atoms with Crippen molar-refractivity contribution in [1.29, 1.82) is 0 Å². The molecule has 0 saturated carbocycles. The van der Waals surface area contributed by atoms with Gasteiger partial charge in [-0.1, -0.05) is 6.07 Å². The molecule has 0 spiro atoms. The van der Waals surface area contributed by atoms with Gasteiger partial charge in [0.05, 0.1) is 18.8 Å². The topological polar surface area (TPSA) is 86.1 Å². The number of aryl methyl sites for hydroxylation is 1. The van der Waals surface area contributed by atoms with E-state index < -0.39 is 10.0 Å². The molecule has 0 bridgehead atoms. The molecule has 2 heterocycles. The highest BCUT2D eigenvalue weighted by atomic mass is 32.2. The molecule has 1 aliphatic carbocycles. The molecule has 1 N–H and O–H groups in total. The lowest BCUT2D eigenvalue weighted by atomic mass is 9.94. The molecule has 2 aromatic heterocycles. The molecule has 1 aromatic carbocycles. The van der Waals surface area contributed by atoms with Crippen molar-refractivity contribution in [2.24, 2.45) is 0 Å². The Bertz CT molecular complexity index is 1160. The molecule has 7 nitrogen and oxygen atoms in total. The first kappa shape index (κ1) is 21.5. The minimum Gasteiger partial charge on any atom is -0.492 e. The van der Waals surface area contributed by atoms with Crippen LogP contribution in [0.5, 0.6) is 5.75 Å². The number of nitrogens with one attached hydrogen (secondary N) is 1. The summed E-state index contributed by atoms with van der Waals surface area (Å²) in [6.45, 7) is 4.84. The predicted octanol–water partition coefficient (Wildman–Crippen LogP) is 3.51. The van der Waals surface area contributed by atoms with Crippen molar-refractivity contribution in [2.45, 2.75) is 51.0 Å². The number of fused-ring (bicyclic) bond motifs is 1. The number of pyridine rings is 1. The van der Waals surface area contributed by atoms with Gasteiger partial charge in [0, 0.05) is 35.8 Å². The summed E-state index contributed by atoms with van der Waals surface area (Å²) in [7, 11) is -3.70. The fraction of sp³-hybridized carbons (Fsp3) is 0.391. The Morgan fingerprint density at radius 2 is 1.90 bits per heavy atom. The van der Waals surface area contributed by atoms with E-state index in [-0.39, 0.29) is 11.4 Å². The minimum absolute atomic E-state index is 0.175. The Balaban J connectivity index is 1.54. The Morgan fingerprint density at radius 3 is 2.68 bits per heavy atom. The number of ether oxygens (including phenoxy) is 1. The number of hydrogen-bond acceptors (Lipinski definition) is 5. The normalized spacial score (nSPS) is 13.7. The SMILES string of the molecule is CCOc1ccc(C)cc1S(=O)(=O)NCCn1nc(-c2ccncc2)c2c1CCCC2. The van der Waals surface area contributed by atoms with Crippen LogP contribution < -0.4 is 9.46 Å². The number of rotatable bonds is 8. The largest absolute Gasteiger partial charge is 0.492 e. The molecule has 1 aliphatic rings. The van der Waals surface area contributed by atoms with E-state index in [2.05, 4.69) is 9.71 Å². The number of sulfonamides is 1. The fourth-order valence-corrected chi connectivity index (χ4v) is 5.31. The summed E-state index contributed by atoms with van der Waals surface area (Å²) in [4.78, 5) is 4.28. The standard InChI is InChI=1S/C23H28N4O3S/c1-3-30-21-9-8-17(2)16-22(21)31(28,29)25-14-15-27-20-7-5-4-6-19(20)23(26-27)18-10-12-24-13-11-18/h8-13,16,25H,3-7,14-15H2,1-2H3. The van der Waals surface area contributed by atoms with Crippen LogP contribution in [0.25, 0.3) is 11.3 Å². The molecule has 164 valence electrons. The van der Waals surface area contributed by atoms with Crippen LogP contribution in [-0.4, -0.2) is 36.3 Å². The zero-order valence-electron chi connectivity index (χ0n) is 18.0. The Hall–Kier alpha value is -2.71. The average molecular weight is 441 g/mol. The van der Waals surface area contributed by atoms with Crippen molar-refractivity contribution < 1.29 is 13.2 Å². The Morgan fingerprint density at radius 1 is 1.13 bits per heavy atom. The first-order valence-corrected chi connectivity index (χ1v) is 12.2. The van der Waals surface area contributed by atoms with Gasteiger partial charge in [-0.05, 0) is 69.4 Å². The van der Waals surface area contributed by atoms with Gasteiger partial charge in [-0.15, -0.1) is 0 Å². The number of aromatic nitrogens is 3. The summed E-state index contributed by atoms with van der Waals surface area (Å²) >= 11 is 0. The van der Waals surface area contributed by atoms with Crippen molar-refractivity contribution in [2.75, 3.05) is 13.2 Å². The van der Waals surface area contributed by atoms with Gasteiger partial charge in [0.2, 0.25) is 10.0 Å². The summed E-state index contributed by atoms with van der Waals surface area (Å²) in [5.74, 6) is 0.372. The summed E-state index contributed by atoms with van der Waals surface area (Å²) in [6.07, 6.45) is 7.79. The Labute approximate surface area is 183 Å². The van der Waals surface area contributed by atoms with E-state index in [1.807, 2.05) is 36.7 Å². The van der Waals surface area contributed by atoms with Crippen LogP contribution in [-0.2, 0) is 29.4 Å². The summed E-state index contributed by atoms with van der Waals surface area (Å²) < 4.78 is 36.1. The molecule has 0 radical (unpaired) electrons. The van der Waals surface area contributed by atoms with Crippen LogP contribution in [0.1, 0.15) is 36.6 Å². The summed E-state index contributed by atoms with van der Waals surface area (Å²) in [5.41, 5.74) is 5.39. The zero-order chi connectivity index (χ0) is 21.8. The Kier molecular flexibility index (Phi) is 6.38. The second-order valence-corrected chi connectivity index (χ2v) is 9.46. The molecule has 0 atom stereocenters. The zero-order valence-corrected chi connectivity index (χ0v) is 18.8. The number of benzene rings is 1. The molecular weight excluding hydrogens is 412 g/mol. The fourth-order valence-electron chi connectivity index (χ4n) is 4.06. The van der Waals surface area contributed by atoms with Crippen LogP contribution in [0.2, 0.25) is 0 Å². The van der Waals surface area contributed by atoms with E-state index >= 15 is 0 Å². The molecule has 4 rings (SSSR count). The quantitative estimate of drug-likeness (QED) is 0.579. The van der Waals surface area contributed by atoms with Gasteiger partial charge >= 0.3 is 0 Å². The lowest BCUT2D eigenvalue weighted by Gasteiger charge is -2.15. The molecular formula is C23H28N4O3S. The first-order valence-electron chi connectivity index (χ1n) is 10.7. The molecule has 3 aromatic rings. The van der Waals surface area contributed by atoms with Crippen LogP contribution in [0.3, 0.4) is 0 Å². The van der Waals surface area contributed by atoms with Crippen molar-refractivity contribution in [3.63, 3.8) is 0 Å². The van der Waals surface area contributed by atoms with Crippen molar-refractivity contribution in [3.05, 3.63) is 59.5 Å². The van der Waals surface area contributed by atoms with Gasteiger partial charge in [-0.3, -0.25) is 9.67 Å². The average Bonchev–Trinajstić information content (AvgIpc) is 3.14. The van der Waals surface area contributed by atoms with Crippen LogP contribution in [0, 0.1) is 6.92 Å². The van der Waals surface area contributed by atoms with Gasteiger partial charge < -0.3 is 4.74 Å². The minimum atomic E-state index is -3.70. The van der Waals surface area contributed by atoms with E-state index in [0.29, 0.717) is 18.9 Å². The van der Waals surface area contributed by atoms with Crippen molar-refractivity contribution >= 4 is 10.0 Å². The lowest BCUT2D eigenvalue weighted by Crippen LogP contribution is -2.29. The number of nitrogens with zero attached hydrogens (tertiary/aromatic N) is 3. The second-order valence-electron chi connectivity index (χ2n) is 7.72. The highest BCUT2D eigenvalue weighted by Gasteiger charge is 2.23. The summed E-state index contributed by atoms with van der Waals surface area (Å²) in [5, 5.41) is 4.84. The molecule has 0 fully saturated rings. The van der Waals surface area contributed by atoms with E-state index in [4.69, 9.17) is 9.84 Å². The molecule has 0 amide bonds. The highest BCUT2D eigenvalue weighted by Crippen LogP contribution is 2.31. The van der Waals surface area contributed by atoms with E-state index in [1.54, 1.807) is 24.5 Å². The van der Waals surface area contributed by atoms with Gasteiger partial charge in [0.25, 0.3) is 0 Å². The first-order chi connectivity index (χ1) is 15.0. The van der Waals surface area contributed by atoms with Crippen LogP contribution in [0.4, 0.5) is 0 Å². The molecule has 31 heavy (non-hydrogen) atoms. The smallest absolute Gasteiger partial charge is 0.244 e. The highest BCUT2D eigenvalue weighted by molar-refractivity contribution is 7.89. The maximum atomic E-state index is 13.0. The van der Waals surface area contributed by atoms with Crippen LogP contribution >= 0.6 is 0 Å². The maximum Gasteiger partial charge on any atom is 0.244 e. The molecule has 8 heteroatoms. The monoisotopic (exact) mass is 440 g/mol. The summed E-state index contributed by atoms with van der Waals surface area (Å²) in [6, 6.07) is 9.14. The van der Waals surface area contributed by atoms with E-state index in [1.165, 1.54) is 11.3 Å². The van der Waals surface area contributed by atoms with E-state index in [0.717, 1.165) is 42.5 Å². The molecule has 0 saturated heterocycles. The van der Waals surface area contributed by atoms with Crippen molar-refractivity contribution in [1.82, 2.24) is 19.5 Å². The van der Waals surface area contributed by atoms with Gasteiger partial charge in [0.1, 0.15) is 10.6 Å². The lowest BCUT2D eigenvalue weighted by molar-refractivity contribution is 0.331. The molecule has 0 unspecified atom stereocenters. The van der Waals surface area contributed by atoms with E-state index in [9.17, 15) is 8.42 Å². The molecule has 0 aliphatic heterocycles. The predicted molar refractivity (Wildman–Crippen MR) is 120 cm³/mol. The van der Waals surface area contributed by atoms with Crippen molar-refractivity contribution in [3.8, 4) is 17.0 Å². The second kappa shape index (κ2) is 9.20. The third kappa shape index (κ3) is 4.65. The van der Waals surface area contributed by atoms with Crippen LogP contribution in [0.15, 0.2) is 47.6 Å². The van der Waals surface area contributed by atoms with Gasteiger partial charge in [0.15, 0.2) is 0 Å². The number of hydrogen-bond donors (Lipinski definition) is 1. The third-order valence-corrected chi connectivity index (χ3v) is 7.00. The van der Waals surface area contributed by atoms with Gasteiger partial charge in [-0.25, -0.2) is 13.1 Å². The maximum absolute atomic E-state index is 13.0.